The molecule has 1 fully saturated rings. The standard InChI is InChI=1S/C36H37BrO5/c1-2-32-34(40-24-28-14-8-4-9-15-28)36(41-25-29-16-10-5-11-17-29)35(42-32)33(26-38-22-27-12-6-3-7-13-27)39-23-30-18-20-31(37)21-19-30/h2-21,32-36H,1,22-26H2/t32-,33-,34+,35+,36-/m1/s1. The zero-order valence-corrected chi connectivity index (χ0v) is 25.2. The molecule has 5 rings (SSSR count). The molecular formula is C36H37BrO5. The summed E-state index contributed by atoms with van der Waals surface area (Å²) in [5.41, 5.74) is 4.32. The molecule has 0 radical (unpaired) electrons. The van der Waals surface area contributed by atoms with Crippen LogP contribution in [0.15, 0.2) is 132 Å². The third-order valence-electron chi connectivity index (χ3n) is 7.23. The summed E-state index contributed by atoms with van der Waals surface area (Å²) < 4.78 is 33.5. The fraction of sp³-hybridized carbons (Fsp3) is 0.278. The second-order valence-corrected chi connectivity index (χ2v) is 11.2. The first-order valence-corrected chi connectivity index (χ1v) is 15.1. The van der Waals surface area contributed by atoms with Crippen LogP contribution in [0.1, 0.15) is 22.3 Å². The quantitative estimate of drug-likeness (QED) is 0.126. The topological polar surface area (TPSA) is 46.2 Å². The Morgan fingerprint density at radius 2 is 1.14 bits per heavy atom. The number of rotatable bonds is 15. The summed E-state index contributed by atoms with van der Waals surface area (Å²) in [4.78, 5) is 0. The molecule has 218 valence electrons. The molecule has 0 unspecified atom stereocenters. The Bertz CT molecular complexity index is 1330. The molecule has 1 aliphatic heterocycles. The summed E-state index contributed by atoms with van der Waals surface area (Å²) in [7, 11) is 0. The second kappa shape index (κ2) is 15.9. The lowest BCUT2D eigenvalue weighted by Gasteiger charge is -2.29. The number of halogens is 1. The van der Waals surface area contributed by atoms with Crippen molar-refractivity contribution in [1.82, 2.24) is 0 Å². The molecule has 5 nitrogen and oxygen atoms in total. The lowest BCUT2D eigenvalue weighted by molar-refractivity contribution is -0.139. The summed E-state index contributed by atoms with van der Waals surface area (Å²) in [6, 6.07) is 38.5. The SMILES string of the molecule is C=C[C@H]1O[C@@H]([C@@H](COCc2ccccc2)OCc2ccc(Br)cc2)[C@H](OCc2ccccc2)[C@H]1OCc1ccccc1. The van der Waals surface area contributed by atoms with Gasteiger partial charge in [-0.25, -0.2) is 0 Å². The second-order valence-electron chi connectivity index (χ2n) is 10.3. The maximum atomic E-state index is 6.61. The fourth-order valence-corrected chi connectivity index (χ4v) is 5.26. The highest BCUT2D eigenvalue weighted by Crippen LogP contribution is 2.32. The Morgan fingerprint density at radius 1 is 0.643 bits per heavy atom. The van der Waals surface area contributed by atoms with Gasteiger partial charge in [-0.1, -0.05) is 125 Å². The highest BCUT2D eigenvalue weighted by Gasteiger charge is 2.49. The first-order chi connectivity index (χ1) is 20.7. The van der Waals surface area contributed by atoms with E-state index in [1.807, 2.05) is 78.9 Å². The Hall–Kier alpha value is -3.10. The van der Waals surface area contributed by atoms with Gasteiger partial charge in [0.25, 0.3) is 0 Å². The van der Waals surface area contributed by atoms with Crippen LogP contribution in [0, 0.1) is 0 Å². The molecule has 4 aromatic carbocycles. The largest absolute Gasteiger partial charge is 0.374 e. The molecule has 6 heteroatoms. The predicted octanol–water partition coefficient (Wildman–Crippen LogP) is 7.68. The van der Waals surface area contributed by atoms with Gasteiger partial charge in [-0.05, 0) is 34.4 Å². The van der Waals surface area contributed by atoms with Gasteiger partial charge in [0.2, 0.25) is 0 Å². The molecule has 0 saturated carbocycles. The van der Waals surface area contributed by atoms with E-state index < -0.39 is 18.3 Å². The van der Waals surface area contributed by atoms with Crippen molar-refractivity contribution in [3.8, 4) is 0 Å². The average Bonchev–Trinajstić information content (AvgIpc) is 3.40. The molecule has 5 atom stereocenters. The van der Waals surface area contributed by atoms with Crippen molar-refractivity contribution in [2.45, 2.75) is 56.9 Å². The highest BCUT2D eigenvalue weighted by atomic mass is 79.9. The lowest BCUT2D eigenvalue weighted by atomic mass is 10.0. The maximum absolute atomic E-state index is 6.61. The van der Waals surface area contributed by atoms with Gasteiger partial charge in [0, 0.05) is 4.47 Å². The van der Waals surface area contributed by atoms with Crippen LogP contribution in [0.4, 0.5) is 0 Å². The molecule has 0 bridgehead atoms. The van der Waals surface area contributed by atoms with E-state index in [1.165, 1.54) is 0 Å². The van der Waals surface area contributed by atoms with E-state index in [0.29, 0.717) is 33.0 Å². The van der Waals surface area contributed by atoms with Crippen LogP contribution in [0.25, 0.3) is 0 Å². The van der Waals surface area contributed by atoms with Crippen molar-refractivity contribution >= 4 is 15.9 Å². The van der Waals surface area contributed by atoms with Crippen LogP contribution in [0.3, 0.4) is 0 Å². The van der Waals surface area contributed by atoms with E-state index >= 15 is 0 Å². The molecule has 42 heavy (non-hydrogen) atoms. The van der Waals surface area contributed by atoms with E-state index in [4.69, 9.17) is 23.7 Å². The van der Waals surface area contributed by atoms with E-state index in [-0.39, 0.29) is 12.2 Å². The lowest BCUT2D eigenvalue weighted by Crippen LogP contribution is -2.44. The molecule has 0 aliphatic carbocycles. The van der Waals surface area contributed by atoms with Crippen molar-refractivity contribution in [2.24, 2.45) is 0 Å². The van der Waals surface area contributed by atoms with Crippen LogP contribution in [-0.4, -0.2) is 37.1 Å². The van der Waals surface area contributed by atoms with Crippen molar-refractivity contribution in [3.05, 3.63) is 155 Å². The normalized spacial score (nSPS) is 20.8. The number of ether oxygens (including phenoxy) is 5. The molecule has 0 spiro atoms. The summed E-state index contributed by atoms with van der Waals surface area (Å²) in [6.07, 6.45) is -0.205. The monoisotopic (exact) mass is 628 g/mol. The van der Waals surface area contributed by atoms with E-state index in [1.54, 1.807) is 6.08 Å². The van der Waals surface area contributed by atoms with Crippen molar-refractivity contribution in [1.29, 1.82) is 0 Å². The first-order valence-electron chi connectivity index (χ1n) is 14.3. The molecule has 4 aromatic rings. The number of hydrogen-bond donors (Lipinski definition) is 0. The van der Waals surface area contributed by atoms with Gasteiger partial charge in [-0.15, -0.1) is 6.58 Å². The Balaban J connectivity index is 1.36. The van der Waals surface area contributed by atoms with E-state index in [2.05, 4.69) is 58.9 Å². The van der Waals surface area contributed by atoms with Gasteiger partial charge < -0.3 is 23.7 Å². The van der Waals surface area contributed by atoms with Gasteiger partial charge in [0.1, 0.15) is 30.5 Å². The van der Waals surface area contributed by atoms with E-state index in [9.17, 15) is 0 Å². The van der Waals surface area contributed by atoms with Crippen molar-refractivity contribution in [2.75, 3.05) is 6.61 Å². The van der Waals surface area contributed by atoms with Crippen LogP contribution in [0.5, 0.6) is 0 Å². The van der Waals surface area contributed by atoms with Gasteiger partial charge in [0.15, 0.2) is 0 Å². The molecule has 0 N–H and O–H groups in total. The number of hydrogen-bond acceptors (Lipinski definition) is 5. The Labute approximate surface area is 257 Å². The van der Waals surface area contributed by atoms with Gasteiger partial charge >= 0.3 is 0 Å². The number of benzene rings is 4. The maximum Gasteiger partial charge on any atom is 0.116 e. The molecule has 1 aliphatic rings. The van der Waals surface area contributed by atoms with Crippen LogP contribution in [-0.2, 0) is 50.1 Å². The predicted molar refractivity (Wildman–Crippen MR) is 168 cm³/mol. The van der Waals surface area contributed by atoms with Gasteiger partial charge in [-0.3, -0.25) is 0 Å². The fourth-order valence-electron chi connectivity index (χ4n) is 5.00. The van der Waals surface area contributed by atoms with Gasteiger partial charge in [-0.2, -0.15) is 0 Å². The van der Waals surface area contributed by atoms with Crippen LogP contribution < -0.4 is 0 Å². The Morgan fingerprint density at radius 3 is 1.69 bits per heavy atom. The molecule has 1 saturated heterocycles. The molecule has 0 aromatic heterocycles. The van der Waals surface area contributed by atoms with E-state index in [0.717, 1.165) is 26.7 Å². The van der Waals surface area contributed by atoms with Crippen LogP contribution in [0.2, 0.25) is 0 Å². The summed E-state index contributed by atoms with van der Waals surface area (Å²) in [6.45, 7) is 6.13. The molecule has 1 heterocycles. The van der Waals surface area contributed by atoms with Crippen molar-refractivity contribution in [3.63, 3.8) is 0 Å². The zero-order chi connectivity index (χ0) is 29.0. The third-order valence-corrected chi connectivity index (χ3v) is 7.75. The summed E-state index contributed by atoms with van der Waals surface area (Å²) >= 11 is 3.51. The summed E-state index contributed by atoms with van der Waals surface area (Å²) in [5, 5.41) is 0. The summed E-state index contributed by atoms with van der Waals surface area (Å²) in [5.74, 6) is 0. The smallest absolute Gasteiger partial charge is 0.116 e. The minimum Gasteiger partial charge on any atom is -0.374 e. The highest BCUT2D eigenvalue weighted by molar-refractivity contribution is 9.10. The molecular weight excluding hydrogens is 592 g/mol. The first kappa shape index (κ1) is 30.4. The minimum atomic E-state index is -0.441. The zero-order valence-electron chi connectivity index (χ0n) is 23.6. The molecule has 0 amide bonds. The minimum absolute atomic E-state index is 0.330. The Kier molecular flexibility index (Phi) is 11.5. The van der Waals surface area contributed by atoms with Crippen LogP contribution >= 0.6 is 15.9 Å². The average molecular weight is 630 g/mol. The van der Waals surface area contributed by atoms with Crippen molar-refractivity contribution < 1.29 is 23.7 Å². The van der Waals surface area contributed by atoms with Gasteiger partial charge in [0.05, 0.1) is 33.0 Å². The third kappa shape index (κ3) is 8.71.